The smallest absolute Gasteiger partial charge is 0.271 e. The van der Waals surface area contributed by atoms with Crippen LogP contribution in [0.2, 0.25) is 0 Å². The second-order valence-electron chi connectivity index (χ2n) is 9.24. The molecule has 36 heavy (non-hydrogen) atoms. The van der Waals surface area contributed by atoms with Gasteiger partial charge in [-0.1, -0.05) is 61.7 Å². The first-order chi connectivity index (χ1) is 17.3. The van der Waals surface area contributed by atoms with Crippen LogP contribution in [0.4, 0.5) is 5.69 Å². The number of amides is 1. The summed E-state index contributed by atoms with van der Waals surface area (Å²) < 4.78 is 0. The molecule has 2 aromatic carbocycles. The summed E-state index contributed by atoms with van der Waals surface area (Å²) in [5, 5.41) is 10.6. The number of aryl methyl sites for hydroxylation is 1. The van der Waals surface area contributed by atoms with Crippen LogP contribution in [-0.4, -0.2) is 42.1 Å². The molecule has 5 heteroatoms. The Kier molecular flexibility index (Phi) is 9.07. The minimum Gasteiger partial charge on any atom is -0.371 e. The van der Waals surface area contributed by atoms with E-state index in [0.717, 1.165) is 59.6 Å². The molecule has 188 valence electrons. The van der Waals surface area contributed by atoms with Gasteiger partial charge < -0.3 is 20.5 Å². The minimum absolute atomic E-state index is 0.226. The van der Waals surface area contributed by atoms with Crippen LogP contribution in [-0.2, 0) is 4.79 Å². The van der Waals surface area contributed by atoms with E-state index in [1.807, 2.05) is 45.1 Å². The van der Waals surface area contributed by atoms with E-state index in [9.17, 15) is 4.79 Å². The highest BCUT2D eigenvalue weighted by Gasteiger charge is 2.22. The lowest BCUT2D eigenvalue weighted by Gasteiger charge is -2.35. The number of anilines is 1. The minimum atomic E-state index is -0.226. The van der Waals surface area contributed by atoms with Gasteiger partial charge in [0, 0.05) is 37.7 Å². The van der Waals surface area contributed by atoms with Gasteiger partial charge in [0.1, 0.15) is 0 Å². The number of carbonyl (C=O) groups excluding carboxylic acids is 1. The summed E-state index contributed by atoms with van der Waals surface area (Å²) in [4.78, 5) is 16.7. The van der Waals surface area contributed by atoms with Gasteiger partial charge in [0.15, 0.2) is 0 Å². The first-order valence-corrected chi connectivity index (χ1v) is 12.5. The standard InChI is InChI=1S/C31H38N4O/c1-7-17-34(6)24(5)31(36)33-30-20-29(10-9-22(30)3)23(4)35-18-15-28(16-19-35)27-13-11-26(12-14-27)25(8-2)21-32/h7-14,17,20-21,28,32H,4-5,15-16,18-19H2,1-3,6H3,(H,33,36)/b17-7-,25-8+,32-21?. The maximum atomic E-state index is 12.7. The molecule has 5 nitrogen and oxygen atoms in total. The van der Waals surface area contributed by atoms with E-state index in [1.165, 1.54) is 11.8 Å². The normalized spacial score (nSPS) is 14.6. The lowest BCUT2D eigenvalue weighted by atomic mass is 9.88. The van der Waals surface area contributed by atoms with E-state index in [0.29, 0.717) is 11.6 Å². The fourth-order valence-corrected chi connectivity index (χ4v) is 4.55. The zero-order valence-corrected chi connectivity index (χ0v) is 22.0. The number of hydrogen-bond donors (Lipinski definition) is 2. The quantitative estimate of drug-likeness (QED) is 0.305. The Bertz CT molecular complexity index is 1180. The summed E-state index contributed by atoms with van der Waals surface area (Å²) in [5.41, 5.74) is 7.52. The molecule has 1 amide bonds. The summed E-state index contributed by atoms with van der Waals surface area (Å²) in [6.45, 7) is 16.0. The molecule has 0 unspecified atom stereocenters. The van der Waals surface area contributed by atoms with Crippen LogP contribution in [0.5, 0.6) is 0 Å². The highest BCUT2D eigenvalue weighted by Crippen LogP contribution is 2.33. The monoisotopic (exact) mass is 482 g/mol. The highest BCUT2D eigenvalue weighted by atomic mass is 16.2. The Morgan fingerprint density at radius 2 is 1.72 bits per heavy atom. The summed E-state index contributed by atoms with van der Waals surface area (Å²) in [6, 6.07) is 14.7. The molecule has 0 atom stereocenters. The average Bonchev–Trinajstić information content (AvgIpc) is 2.90. The van der Waals surface area contributed by atoms with Crippen LogP contribution in [0, 0.1) is 12.3 Å². The van der Waals surface area contributed by atoms with Gasteiger partial charge in [0.2, 0.25) is 0 Å². The first-order valence-electron chi connectivity index (χ1n) is 12.5. The topological polar surface area (TPSA) is 59.4 Å². The summed E-state index contributed by atoms with van der Waals surface area (Å²) in [6.07, 6.45) is 9.16. The van der Waals surface area contributed by atoms with E-state index < -0.39 is 0 Å². The number of allylic oxidation sites excluding steroid dienone is 3. The number of likely N-dealkylation sites (tertiary alicyclic amines) is 1. The SMILES string of the molecule is C=C(C(=O)Nc1cc(C(=C)N2CCC(c3ccc(/C(C=N)=C/C)cc3)CC2)ccc1C)N(C)/C=C\C. The molecule has 1 fully saturated rings. The molecule has 1 heterocycles. The third-order valence-corrected chi connectivity index (χ3v) is 6.94. The van der Waals surface area contributed by atoms with Gasteiger partial charge in [-0.05, 0) is 79.6 Å². The van der Waals surface area contributed by atoms with E-state index in [4.69, 9.17) is 5.41 Å². The maximum absolute atomic E-state index is 12.7. The van der Waals surface area contributed by atoms with E-state index >= 15 is 0 Å². The van der Waals surface area contributed by atoms with Gasteiger partial charge in [-0.2, -0.15) is 0 Å². The number of nitrogens with one attached hydrogen (secondary N) is 2. The van der Waals surface area contributed by atoms with Crippen molar-refractivity contribution in [3.63, 3.8) is 0 Å². The van der Waals surface area contributed by atoms with Gasteiger partial charge in [0.25, 0.3) is 5.91 Å². The second-order valence-corrected chi connectivity index (χ2v) is 9.24. The van der Waals surface area contributed by atoms with Crippen molar-refractivity contribution in [1.29, 1.82) is 5.41 Å². The van der Waals surface area contributed by atoms with Crippen molar-refractivity contribution < 1.29 is 4.79 Å². The number of piperidine rings is 1. The molecule has 0 aliphatic carbocycles. The van der Waals surface area contributed by atoms with Gasteiger partial charge in [-0.25, -0.2) is 0 Å². The number of rotatable bonds is 9. The van der Waals surface area contributed by atoms with Crippen molar-refractivity contribution in [3.8, 4) is 0 Å². The van der Waals surface area contributed by atoms with Crippen molar-refractivity contribution in [1.82, 2.24) is 9.80 Å². The molecule has 1 aliphatic rings. The molecule has 0 radical (unpaired) electrons. The van der Waals surface area contributed by atoms with Crippen molar-refractivity contribution in [2.24, 2.45) is 0 Å². The predicted molar refractivity (Wildman–Crippen MR) is 153 cm³/mol. The predicted octanol–water partition coefficient (Wildman–Crippen LogP) is 6.82. The Hall–Kier alpha value is -3.86. The van der Waals surface area contributed by atoms with Gasteiger partial charge in [0.05, 0.1) is 5.70 Å². The first kappa shape index (κ1) is 26.7. The summed E-state index contributed by atoms with van der Waals surface area (Å²) in [5.74, 6) is 0.292. The molecule has 1 saturated heterocycles. The number of carbonyl (C=O) groups is 1. The molecule has 0 saturated carbocycles. The number of likely N-dealkylation sites (N-methyl/N-ethyl adjacent to an activating group) is 1. The largest absolute Gasteiger partial charge is 0.371 e. The van der Waals surface area contributed by atoms with Crippen LogP contribution >= 0.6 is 0 Å². The molecule has 1 aliphatic heterocycles. The van der Waals surface area contributed by atoms with Crippen LogP contribution in [0.15, 0.2) is 79.7 Å². The molecule has 2 aromatic rings. The van der Waals surface area contributed by atoms with Crippen LogP contribution in [0.1, 0.15) is 54.9 Å². The van der Waals surface area contributed by atoms with E-state index in [2.05, 4.69) is 53.7 Å². The van der Waals surface area contributed by atoms with Crippen molar-refractivity contribution in [2.45, 2.75) is 39.5 Å². The molecule has 2 N–H and O–H groups in total. The highest BCUT2D eigenvalue weighted by molar-refractivity contribution is 6.08. The van der Waals surface area contributed by atoms with Crippen molar-refractivity contribution in [2.75, 3.05) is 25.5 Å². The van der Waals surface area contributed by atoms with Crippen LogP contribution < -0.4 is 5.32 Å². The lowest BCUT2D eigenvalue weighted by Crippen LogP contribution is -2.31. The van der Waals surface area contributed by atoms with E-state index in [-0.39, 0.29) is 5.91 Å². The second kappa shape index (κ2) is 12.2. The Balaban J connectivity index is 1.64. The average molecular weight is 483 g/mol. The number of hydrogen-bond acceptors (Lipinski definition) is 4. The van der Waals surface area contributed by atoms with Gasteiger partial charge >= 0.3 is 0 Å². The maximum Gasteiger partial charge on any atom is 0.271 e. The van der Waals surface area contributed by atoms with Crippen molar-refractivity contribution >= 4 is 29.1 Å². The molecular weight excluding hydrogens is 444 g/mol. The van der Waals surface area contributed by atoms with Crippen LogP contribution in [0.3, 0.4) is 0 Å². The Morgan fingerprint density at radius 1 is 1.08 bits per heavy atom. The molecule has 0 bridgehead atoms. The van der Waals surface area contributed by atoms with Gasteiger partial charge in [-0.3, -0.25) is 4.79 Å². The zero-order valence-electron chi connectivity index (χ0n) is 22.0. The fourth-order valence-electron chi connectivity index (χ4n) is 4.55. The summed E-state index contributed by atoms with van der Waals surface area (Å²) in [7, 11) is 1.81. The third-order valence-electron chi connectivity index (χ3n) is 6.94. The Morgan fingerprint density at radius 3 is 2.31 bits per heavy atom. The number of benzene rings is 2. The fraction of sp³-hybridized carbons (Fsp3) is 0.290. The van der Waals surface area contributed by atoms with E-state index in [1.54, 1.807) is 18.1 Å². The number of nitrogens with zero attached hydrogens (tertiary/aromatic N) is 2. The zero-order chi connectivity index (χ0) is 26.2. The van der Waals surface area contributed by atoms with Crippen LogP contribution in [0.25, 0.3) is 11.3 Å². The van der Waals surface area contributed by atoms with Gasteiger partial charge in [-0.15, -0.1) is 0 Å². The Labute approximate surface area is 216 Å². The molecule has 0 spiro atoms. The summed E-state index contributed by atoms with van der Waals surface area (Å²) >= 11 is 0. The lowest BCUT2D eigenvalue weighted by molar-refractivity contribution is -0.113. The molecular formula is C31H38N4O. The van der Waals surface area contributed by atoms with Crippen molar-refractivity contribution in [3.05, 3.63) is 102 Å². The molecule has 0 aromatic heterocycles. The third kappa shape index (κ3) is 6.22. The molecule has 3 rings (SSSR count).